The molecular formula is C14H20F2N2O. The van der Waals surface area contributed by atoms with Crippen LogP contribution in [0.15, 0.2) is 12.1 Å². The molecule has 0 amide bonds. The average molecular weight is 270 g/mol. The molecule has 2 atom stereocenters. The molecule has 3 nitrogen and oxygen atoms in total. The van der Waals surface area contributed by atoms with Crippen LogP contribution in [0.5, 0.6) is 0 Å². The molecule has 2 unspecified atom stereocenters. The maximum atomic E-state index is 14.2. The highest BCUT2D eigenvalue weighted by Gasteiger charge is 2.28. The standard InChI is InChI=1S/C14H20F2N2O/c1-3-11-8-19-9(2)7-18(11)12-5-4-10(6-17)13(15)14(12)16/h4-5,9,11H,3,6-8,17H2,1-2H3. The van der Waals surface area contributed by atoms with Gasteiger partial charge in [0.1, 0.15) is 0 Å². The minimum absolute atomic E-state index is 0.000244. The summed E-state index contributed by atoms with van der Waals surface area (Å²) in [6, 6.07) is 3.25. The van der Waals surface area contributed by atoms with Crippen molar-refractivity contribution in [3.8, 4) is 0 Å². The van der Waals surface area contributed by atoms with Crippen LogP contribution in [0.2, 0.25) is 0 Å². The summed E-state index contributed by atoms with van der Waals surface area (Å²) in [6.07, 6.45) is 0.839. The van der Waals surface area contributed by atoms with Crippen molar-refractivity contribution in [3.63, 3.8) is 0 Å². The van der Waals surface area contributed by atoms with Gasteiger partial charge in [-0.2, -0.15) is 0 Å². The molecule has 106 valence electrons. The van der Waals surface area contributed by atoms with Gasteiger partial charge < -0.3 is 15.4 Å². The molecular weight excluding hydrogens is 250 g/mol. The molecule has 1 aliphatic rings. The van der Waals surface area contributed by atoms with Gasteiger partial charge in [0.2, 0.25) is 0 Å². The summed E-state index contributed by atoms with van der Waals surface area (Å²) in [5, 5.41) is 0. The predicted octanol–water partition coefficient (Wildman–Crippen LogP) is 2.43. The second-order valence-corrected chi connectivity index (χ2v) is 4.93. The van der Waals surface area contributed by atoms with E-state index in [1.807, 2.05) is 18.7 Å². The van der Waals surface area contributed by atoms with Crippen LogP contribution in [0.3, 0.4) is 0 Å². The minimum Gasteiger partial charge on any atom is -0.375 e. The molecule has 2 N–H and O–H groups in total. The van der Waals surface area contributed by atoms with E-state index in [9.17, 15) is 8.78 Å². The SMILES string of the molecule is CCC1COC(C)CN1c1ccc(CN)c(F)c1F. The van der Waals surface area contributed by atoms with E-state index in [1.165, 1.54) is 0 Å². The summed E-state index contributed by atoms with van der Waals surface area (Å²) in [5.41, 5.74) is 5.89. The van der Waals surface area contributed by atoms with E-state index >= 15 is 0 Å². The van der Waals surface area contributed by atoms with Crippen molar-refractivity contribution in [2.24, 2.45) is 5.73 Å². The van der Waals surface area contributed by atoms with Crippen molar-refractivity contribution in [2.45, 2.75) is 39.0 Å². The van der Waals surface area contributed by atoms with Crippen LogP contribution < -0.4 is 10.6 Å². The third kappa shape index (κ3) is 2.72. The molecule has 5 heteroatoms. The molecule has 0 aromatic heterocycles. The normalized spacial score (nSPS) is 23.7. The van der Waals surface area contributed by atoms with E-state index in [4.69, 9.17) is 10.5 Å². The lowest BCUT2D eigenvalue weighted by atomic mass is 10.1. The number of anilines is 1. The number of nitrogens with zero attached hydrogens (tertiary/aromatic N) is 1. The highest BCUT2D eigenvalue weighted by atomic mass is 19.2. The average Bonchev–Trinajstić information content (AvgIpc) is 2.42. The van der Waals surface area contributed by atoms with Gasteiger partial charge in [0.15, 0.2) is 11.6 Å². The molecule has 1 saturated heterocycles. The number of benzene rings is 1. The Hall–Kier alpha value is -1.20. The molecule has 1 fully saturated rings. The number of nitrogens with two attached hydrogens (primary N) is 1. The quantitative estimate of drug-likeness (QED) is 0.916. The first-order valence-electron chi connectivity index (χ1n) is 6.63. The van der Waals surface area contributed by atoms with E-state index < -0.39 is 11.6 Å². The third-order valence-electron chi connectivity index (χ3n) is 3.61. The van der Waals surface area contributed by atoms with E-state index in [-0.39, 0.29) is 24.3 Å². The highest BCUT2D eigenvalue weighted by molar-refractivity contribution is 5.51. The lowest BCUT2D eigenvalue weighted by Crippen LogP contribution is -2.49. The van der Waals surface area contributed by atoms with Crippen molar-refractivity contribution >= 4 is 5.69 Å². The van der Waals surface area contributed by atoms with Crippen molar-refractivity contribution in [2.75, 3.05) is 18.1 Å². The molecule has 1 aromatic rings. The summed E-state index contributed by atoms with van der Waals surface area (Å²) >= 11 is 0. The monoisotopic (exact) mass is 270 g/mol. The first-order chi connectivity index (χ1) is 9.08. The largest absolute Gasteiger partial charge is 0.375 e. The van der Waals surface area contributed by atoms with Crippen LogP contribution in [0, 0.1) is 11.6 Å². The van der Waals surface area contributed by atoms with Gasteiger partial charge in [-0.05, 0) is 19.4 Å². The number of rotatable bonds is 3. The number of hydrogen-bond donors (Lipinski definition) is 1. The molecule has 1 aromatic carbocycles. The Kier molecular flexibility index (Phi) is 4.37. The Bertz CT molecular complexity index is 453. The van der Waals surface area contributed by atoms with Gasteiger partial charge in [-0.1, -0.05) is 13.0 Å². The molecule has 1 aliphatic heterocycles. The van der Waals surface area contributed by atoms with E-state index in [0.717, 1.165) is 6.42 Å². The molecule has 0 radical (unpaired) electrons. The van der Waals surface area contributed by atoms with Gasteiger partial charge in [-0.25, -0.2) is 8.78 Å². The van der Waals surface area contributed by atoms with E-state index in [2.05, 4.69) is 0 Å². The van der Waals surface area contributed by atoms with Crippen molar-refractivity contribution in [3.05, 3.63) is 29.3 Å². The summed E-state index contributed by atoms with van der Waals surface area (Å²) in [4.78, 5) is 1.90. The van der Waals surface area contributed by atoms with Crippen LogP contribution in [0.25, 0.3) is 0 Å². The van der Waals surface area contributed by atoms with Gasteiger partial charge >= 0.3 is 0 Å². The van der Waals surface area contributed by atoms with Gasteiger partial charge in [0.05, 0.1) is 24.4 Å². The van der Waals surface area contributed by atoms with Crippen LogP contribution >= 0.6 is 0 Å². The van der Waals surface area contributed by atoms with Gasteiger partial charge in [-0.15, -0.1) is 0 Å². The van der Waals surface area contributed by atoms with Crippen molar-refractivity contribution < 1.29 is 13.5 Å². The van der Waals surface area contributed by atoms with E-state index in [0.29, 0.717) is 18.8 Å². The summed E-state index contributed by atoms with van der Waals surface area (Å²) in [7, 11) is 0. The van der Waals surface area contributed by atoms with Crippen LogP contribution in [0.1, 0.15) is 25.8 Å². The third-order valence-corrected chi connectivity index (χ3v) is 3.61. The molecule has 19 heavy (non-hydrogen) atoms. The van der Waals surface area contributed by atoms with Gasteiger partial charge in [-0.3, -0.25) is 0 Å². The first-order valence-corrected chi connectivity index (χ1v) is 6.63. The zero-order valence-corrected chi connectivity index (χ0v) is 11.3. The topological polar surface area (TPSA) is 38.5 Å². The summed E-state index contributed by atoms with van der Waals surface area (Å²) in [5.74, 6) is -1.65. The number of morpholine rings is 1. The van der Waals surface area contributed by atoms with Crippen LogP contribution in [0.4, 0.5) is 14.5 Å². The summed E-state index contributed by atoms with van der Waals surface area (Å²) in [6.45, 7) is 5.05. The zero-order valence-electron chi connectivity index (χ0n) is 11.3. The Morgan fingerprint density at radius 2 is 2.11 bits per heavy atom. The zero-order chi connectivity index (χ0) is 14.0. The second kappa shape index (κ2) is 5.84. The second-order valence-electron chi connectivity index (χ2n) is 4.93. The maximum Gasteiger partial charge on any atom is 0.182 e. The molecule has 0 spiro atoms. The molecule has 0 bridgehead atoms. The first kappa shape index (κ1) is 14.2. The number of hydrogen-bond acceptors (Lipinski definition) is 3. The lowest BCUT2D eigenvalue weighted by Gasteiger charge is -2.40. The fraction of sp³-hybridized carbons (Fsp3) is 0.571. The summed E-state index contributed by atoms with van der Waals surface area (Å²) < 4.78 is 33.6. The van der Waals surface area contributed by atoms with Crippen molar-refractivity contribution in [1.82, 2.24) is 0 Å². The Morgan fingerprint density at radius 1 is 1.37 bits per heavy atom. The molecule has 0 saturated carbocycles. The minimum atomic E-state index is -0.839. The van der Waals surface area contributed by atoms with Gasteiger partial charge in [0, 0.05) is 18.7 Å². The smallest absolute Gasteiger partial charge is 0.182 e. The number of halogens is 2. The van der Waals surface area contributed by atoms with E-state index in [1.54, 1.807) is 12.1 Å². The lowest BCUT2D eigenvalue weighted by molar-refractivity contribution is 0.0296. The van der Waals surface area contributed by atoms with Gasteiger partial charge in [0.25, 0.3) is 0 Å². The number of ether oxygens (including phenoxy) is 1. The Labute approximate surface area is 112 Å². The fourth-order valence-electron chi connectivity index (χ4n) is 2.44. The maximum absolute atomic E-state index is 14.2. The Morgan fingerprint density at radius 3 is 2.74 bits per heavy atom. The van der Waals surface area contributed by atoms with Crippen LogP contribution in [-0.2, 0) is 11.3 Å². The molecule has 1 heterocycles. The predicted molar refractivity (Wildman–Crippen MR) is 71.1 cm³/mol. The molecule has 0 aliphatic carbocycles. The van der Waals surface area contributed by atoms with Crippen LogP contribution in [-0.4, -0.2) is 25.3 Å². The Balaban J connectivity index is 2.36. The fourth-order valence-corrected chi connectivity index (χ4v) is 2.44. The van der Waals surface area contributed by atoms with Crippen molar-refractivity contribution in [1.29, 1.82) is 0 Å². The molecule has 2 rings (SSSR count). The highest BCUT2D eigenvalue weighted by Crippen LogP contribution is 2.29.